The zero-order valence-corrected chi connectivity index (χ0v) is 12.5. The minimum atomic E-state index is 0.480. The van der Waals surface area contributed by atoms with Crippen LogP contribution < -0.4 is 5.32 Å². The number of hydrogen-bond donors (Lipinski definition) is 1. The Morgan fingerprint density at radius 3 is 3.00 bits per heavy atom. The van der Waals surface area contributed by atoms with Crippen molar-refractivity contribution in [3.05, 3.63) is 35.2 Å². The third-order valence-electron chi connectivity index (χ3n) is 4.65. The maximum atomic E-state index is 5.38. The van der Waals surface area contributed by atoms with Crippen molar-refractivity contribution in [1.82, 2.24) is 20.0 Å². The van der Waals surface area contributed by atoms with Gasteiger partial charge < -0.3 is 14.4 Å². The summed E-state index contributed by atoms with van der Waals surface area (Å²) in [5.74, 6) is 2.17. The Kier molecular flexibility index (Phi) is 3.30. The highest BCUT2D eigenvalue weighted by atomic mass is 16.5. The van der Waals surface area contributed by atoms with Crippen LogP contribution in [0.3, 0.4) is 0 Å². The fourth-order valence-corrected chi connectivity index (χ4v) is 3.30. The molecule has 1 atom stereocenters. The van der Waals surface area contributed by atoms with Gasteiger partial charge in [-0.25, -0.2) is 0 Å². The molecular formula is C16H22N4O. The molecule has 2 aliphatic carbocycles. The normalized spacial score (nSPS) is 22.0. The van der Waals surface area contributed by atoms with Gasteiger partial charge in [-0.1, -0.05) is 11.6 Å². The molecule has 0 aromatic carbocycles. The van der Waals surface area contributed by atoms with Crippen LogP contribution in [-0.4, -0.2) is 21.8 Å². The number of aromatic nitrogens is 3. The van der Waals surface area contributed by atoms with Crippen LogP contribution in [0.15, 0.2) is 16.9 Å². The van der Waals surface area contributed by atoms with Gasteiger partial charge in [-0.15, -0.1) is 0 Å². The van der Waals surface area contributed by atoms with Crippen molar-refractivity contribution >= 4 is 0 Å². The molecule has 0 amide bonds. The zero-order chi connectivity index (χ0) is 14.2. The Hall–Kier alpha value is -1.62. The summed E-state index contributed by atoms with van der Waals surface area (Å²) in [6.07, 6.45) is 11.9. The van der Waals surface area contributed by atoms with Crippen molar-refractivity contribution in [2.45, 2.75) is 57.0 Å². The van der Waals surface area contributed by atoms with Gasteiger partial charge in [0.25, 0.3) is 0 Å². The Labute approximate surface area is 124 Å². The SMILES string of the molecule is CNC1CCCCc2cn(Cc3nc(C4CC4)no3)cc21. The Morgan fingerprint density at radius 2 is 2.19 bits per heavy atom. The molecule has 4 rings (SSSR count). The van der Waals surface area contributed by atoms with E-state index in [0.29, 0.717) is 18.5 Å². The number of rotatable bonds is 4. The summed E-state index contributed by atoms with van der Waals surface area (Å²) < 4.78 is 7.58. The molecule has 2 aliphatic rings. The molecule has 21 heavy (non-hydrogen) atoms. The summed E-state index contributed by atoms with van der Waals surface area (Å²) in [6, 6.07) is 0.480. The van der Waals surface area contributed by atoms with Crippen molar-refractivity contribution in [3.8, 4) is 0 Å². The molecule has 1 unspecified atom stereocenters. The van der Waals surface area contributed by atoms with E-state index in [9.17, 15) is 0 Å². The van der Waals surface area contributed by atoms with E-state index in [2.05, 4.69) is 39.5 Å². The molecule has 0 radical (unpaired) electrons. The highest BCUT2D eigenvalue weighted by Crippen LogP contribution is 2.38. The second kappa shape index (κ2) is 5.30. The molecule has 0 aliphatic heterocycles. The number of aryl methyl sites for hydroxylation is 1. The summed E-state index contributed by atoms with van der Waals surface area (Å²) in [6.45, 7) is 0.684. The van der Waals surface area contributed by atoms with Crippen molar-refractivity contribution in [3.63, 3.8) is 0 Å². The minimum Gasteiger partial charge on any atom is -0.344 e. The first-order chi connectivity index (χ1) is 10.3. The van der Waals surface area contributed by atoms with E-state index >= 15 is 0 Å². The molecule has 0 saturated heterocycles. The van der Waals surface area contributed by atoms with E-state index in [0.717, 1.165) is 11.7 Å². The smallest absolute Gasteiger partial charge is 0.246 e. The molecule has 2 aromatic rings. The maximum Gasteiger partial charge on any atom is 0.246 e. The van der Waals surface area contributed by atoms with Crippen LogP contribution in [0.4, 0.5) is 0 Å². The highest BCUT2D eigenvalue weighted by molar-refractivity contribution is 5.29. The molecule has 1 saturated carbocycles. The summed E-state index contributed by atoms with van der Waals surface area (Å²) in [5, 5.41) is 7.53. The van der Waals surface area contributed by atoms with E-state index in [1.165, 1.54) is 49.7 Å². The number of hydrogen-bond acceptors (Lipinski definition) is 4. The van der Waals surface area contributed by atoms with Crippen molar-refractivity contribution < 1.29 is 4.52 Å². The molecule has 5 heteroatoms. The average Bonchev–Trinajstić information content (AvgIpc) is 3.17. The van der Waals surface area contributed by atoms with Gasteiger partial charge in [0.1, 0.15) is 6.54 Å². The third-order valence-corrected chi connectivity index (χ3v) is 4.65. The summed E-state index contributed by atoms with van der Waals surface area (Å²) in [7, 11) is 2.05. The molecule has 1 fully saturated rings. The summed E-state index contributed by atoms with van der Waals surface area (Å²) >= 11 is 0. The van der Waals surface area contributed by atoms with Gasteiger partial charge in [0.15, 0.2) is 5.82 Å². The molecule has 5 nitrogen and oxygen atoms in total. The van der Waals surface area contributed by atoms with Gasteiger partial charge >= 0.3 is 0 Å². The standard InChI is InChI=1S/C16H22N4O/c1-17-14-5-3-2-4-12-8-20(9-13(12)14)10-15-18-16(19-21-15)11-6-7-11/h8-9,11,14,17H,2-7,10H2,1H3. The average molecular weight is 286 g/mol. The second-order valence-electron chi connectivity index (χ2n) is 6.32. The largest absolute Gasteiger partial charge is 0.344 e. The van der Waals surface area contributed by atoms with Crippen molar-refractivity contribution in [2.75, 3.05) is 7.05 Å². The predicted molar refractivity (Wildman–Crippen MR) is 79.2 cm³/mol. The molecule has 0 spiro atoms. The second-order valence-corrected chi connectivity index (χ2v) is 6.32. The zero-order valence-electron chi connectivity index (χ0n) is 12.5. The maximum absolute atomic E-state index is 5.38. The van der Waals surface area contributed by atoms with Crippen molar-refractivity contribution in [2.24, 2.45) is 0 Å². The van der Waals surface area contributed by atoms with Gasteiger partial charge in [-0.2, -0.15) is 4.98 Å². The Bertz CT molecular complexity index is 626. The van der Waals surface area contributed by atoms with Crippen LogP contribution in [0.1, 0.15) is 66.9 Å². The number of nitrogens with one attached hydrogen (secondary N) is 1. The van der Waals surface area contributed by atoms with E-state index in [1.54, 1.807) is 0 Å². The topological polar surface area (TPSA) is 55.9 Å². The quantitative estimate of drug-likeness (QED) is 0.878. The molecule has 1 N–H and O–H groups in total. The van der Waals surface area contributed by atoms with Crippen LogP contribution in [0.5, 0.6) is 0 Å². The first-order valence-corrected chi connectivity index (χ1v) is 8.02. The first-order valence-electron chi connectivity index (χ1n) is 8.02. The van der Waals surface area contributed by atoms with Gasteiger partial charge in [-0.05, 0) is 50.3 Å². The van der Waals surface area contributed by atoms with E-state index in [1.807, 2.05) is 0 Å². The predicted octanol–water partition coefficient (Wildman–Crippen LogP) is 2.78. The number of nitrogens with zero attached hydrogens (tertiary/aromatic N) is 3. The summed E-state index contributed by atoms with van der Waals surface area (Å²) in [5.41, 5.74) is 2.91. The van der Waals surface area contributed by atoms with Crippen LogP contribution >= 0.6 is 0 Å². The molecule has 0 bridgehead atoms. The Morgan fingerprint density at radius 1 is 1.29 bits per heavy atom. The van der Waals surface area contributed by atoms with Crippen LogP contribution in [-0.2, 0) is 13.0 Å². The summed E-state index contributed by atoms with van der Waals surface area (Å²) in [4.78, 5) is 4.52. The lowest BCUT2D eigenvalue weighted by atomic mass is 10.1. The lowest BCUT2D eigenvalue weighted by molar-refractivity contribution is 0.366. The molecule has 2 aromatic heterocycles. The van der Waals surface area contributed by atoms with E-state index in [-0.39, 0.29) is 0 Å². The lowest BCUT2D eigenvalue weighted by Crippen LogP contribution is -2.15. The monoisotopic (exact) mass is 286 g/mol. The fourth-order valence-electron chi connectivity index (χ4n) is 3.30. The van der Waals surface area contributed by atoms with Gasteiger partial charge in [-0.3, -0.25) is 0 Å². The minimum absolute atomic E-state index is 0.480. The molecular weight excluding hydrogens is 264 g/mol. The van der Waals surface area contributed by atoms with Gasteiger partial charge in [0.2, 0.25) is 5.89 Å². The van der Waals surface area contributed by atoms with Crippen LogP contribution in [0.25, 0.3) is 0 Å². The first kappa shape index (κ1) is 13.1. The van der Waals surface area contributed by atoms with Gasteiger partial charge in [0, 0.05) is 24.4 Å². The van der Waals surface area contributed by atoms with Gasteiger partial charge in [0.05, 0.1) is 0 Å². The number of fused-ring (bicyclic) bond motifs is 1. The van der Waals surface area contributed by atoms with E-state index < -0.39 is 0 Å². The molecule has 112 valence electrons. The van der Waals surface area contributed by atoms with E-state index in [4.69, 9.17) is 4.52 Å². The highest BCUT2D eigenvalue weighted by Gasteiger charge is 2.28. The van der Waals surface area contributed by atoms with Crippen molar-refractivity contribution in [1.29, 1.82) is 0 Å². The third kappa shape index (κ3) is 2.62. The fraction of sp³-hybridized carbons (Fsp3) is 0.625. The lowest BCUT2D eigenvalue weighted by Gasteiger charge is -2.13. The molecule has 2 heterocycles. The van der Waals surface area contributed by atoms with Crippen LogP contribution in [0, 0.1) is 0 Å². The Balaban J connectivity index is 1.54. The van der Waals surface area contributed by atoms with Crippen LogP contribution in [0.2, 0.25) is 0 Å².